The van der Waals surface area contributed by atoms with E-state index in [0.717, 1.165) is 32.1 Å². The summed E-state index contributed by atoms with van der Waals surface area (Å²) in [4.78, 5) is 11.7. The van der Waals surface area contributed by atoms with Crippen molar-refractivity contribution in [2.24, 2.45) is 5.92 Å². The van der Waals surface area contributed by atoms with Crippen LogP contribution in [0.2, 0.25) is 5.02 Å². The van der Waals surface area contributed by atoms with Crippen molar-refractivity contribution in [1.82, 2.24) is 5.32 Å². The number of carbonyl (C=O) groups is 1. The number of aliphatic hydroxyl groups excluding tert-OH is 1. The van der Waals surface area contributed by atoms with Crippen LogP contribution in [-0.2, 0) is 4.79 Å². The molecule has 4 nitrogen and oxygen atoms in total. The first-order valence-corrected chi connectivity index (χ1v) is 8.46. The standard InChI is InChI=1S/C17H23ClFNO3/c18-14-10-13(7-8-15(14)19)23-11-17(22)20-9-3-5-12-4-1-2-6-16(12)21/h7-8,10,12,16,21H,1-6,9,11H2,(H,20,22)/t12-,16+/m1/s1. The molecule has 1 amide bonds. The van der Waals surface area contributed by atoms with Crippen LogP contribution < -0.4 is 10.1 Å². The summed E-state index contributed by atoms with van der Waals surface area (Å²) in [5.74, 6) is -0.0295. The fourth-order valence-electron chi connectivity index (χ4n) is 2.88. The number of hydrogen-bond donors (Lipinski definition) is 2. The molecule has 1 aliphatic carbocycles. The van der Waals surface area contributed by atoms with E-state index in [4.69, 9.17) is 16.3 Å². The zero-order valence-electron chi connectivity index (χ0n) is 13.1. The Balaban J connectivity index is 1.60. The van der Waals surface area contributed by atoms with Crippen molar-refractivity contribution in [3.63, 3.8) is 0 Å². The molecular weight excluding hydrogens is 321 g/mol. The van der Waals surface area contributed by atoms with Gasteiger partial charge in [-0.05, 0) is 43.7 Å². The second kappa shape index (κ2) is 9.08. The van der Waals surface area contributed by atoms with Crippen molar-refractivity contribution in [3.8, 4) is 5.75 Å². The van der Waals surface area contributed by atoms with Crippen molar-refractivity contribution in [2.75, 3.05) is 13.2 Å². The lowest BCUT2D eigenvalue weighted by Crippen LogP contribution is -2.31. The van der Waals surface area contributed by atoms with E-state index in [1.54, 1.807) is 0 Å². The van der Waals surface area contributed by atoms with Gasteiger partial charge in [-0.2, -0.15) is 0 Å². The van der Waals surface area contributed by atoms with E-state index in [1.165, 1.54) is 24.6 Å². The van der Waals surface area contributed by atoms with Gasteiger partial charge in [0.05, 0.1) is 11.1 Å². The largest absolute Gasteiger partial charge is 0.484 e. The quantitative estimate of drug-likeness (QED) is 0.747. The molecular formula is C17H23ClFNO3. The monoisotopic (exact) mass is 343 g/mol. The number of ether oxygens (including phenoxy) is 1. The molecule has 128 valence electrons. The summed E-state index contributed by atoms with van der Waals surface area (Å²) in [5, 5.41) is 12.6. The Morgan fingerprint density at radius 2 is 2.17 bits per heavy atom. The maximum absolute atomic E-state index is 13.0. The first-order valence-electron chi connectivity index (χ1n) is 8.09. The van der Waals surface area contributed by atoms with E-state index in [-0.39, 0.29) is 23.6 Å². The highest BCUT2D eigenvalue weighted by molar-refractivity contribution is 6.30. The number of amides is 1. The predicted octanol–water partition coefficient (Wildman–Crippen LogP) is 3.31. The van der Waals surface area contributed by atoms with Gasteiger partial charge in [-0.25, -0.2) is 4.39 Å². The summed E-state index contributed by atoms with van der Waals surface area (Å²) in [5.41, 5.74) is 0. The first kappa shape index (κ1) is 18.0. The number of aliphatic hydroxyl groups is 1. The van der Waals surface area contributed by atoms with E-state index in [0.29, 0.717) is 18.2 Å². The molecule has 1 aromatic carbocycles. The molecule has 0 bridgehead atoms. The van der Waals surface area contributed by atoms with Gasteiger partial charge in [-0.3, -0.25) is 4.79 Å². The third kappa shape index (κ3) is 5.99. The lowest BCUT2D eigenvalue weighted by atomic mass is 9.83. The van der Waals surface area contributed by atoms with Gasteiger partial charge in [0.25, 0.3) is 5.91 Å². The first-order chi connectivity index (χ1) is 11.1. The lowest BCUT2D eigenvalue weighted by Gasteiger charge is -2.27. The molecule has 1 fully saturated rings. The molecule has 0 radical (unpaired) electrons. The highest BCUT2D eigenvalue weighted by Crippen LogP contribution is 2.27. The Bertz CT molecular complexity index is 527. The normalized spacial score (nSPS) is 21.0. The van der Waals surface area contributed by atoms with Gasteiger partial charge in [0.2, 0.25) is 0 Å². The van der Waals surface area contributed by atoms with Crippen LogP contribution in [0.15, 0.2) is 18.2 Å². The van der Waals surface area contributed by atoms with Crippen molar-refractivity contribution in [1.29, 1.82) is 0 Å². The minimum absolute atomic E-state index is 0.0334. The average Bonchev–Trinajstić information content (AvgIpc) is 2.54. The summed E-state index contributed by atoms with van der Waals surface area (Å²) in [7, 11) is 0. The minimum atomic E-state index is -0.520. The van der Waals surface area contributed by atoms with E-state index < -0.39 is 5.82 Å². The number of nitrogens with one attached hydrogen (secondary N) is 1. The van der Waals surface area contributed by atoms with Crippen molar-refractivity contribution in [3.05, 3.63) is 29.0 Å². The lowest BCUT2D eigenvalue weighted by molar-refractivity contribution is -0.123. The molecule has 0 spiro atoms. The zero-order chi connectivity index (χ0) is 16.7. The average molecular weight is 344 g/mol. The highest BCUT2D eigenvalue weighted by Gasteiger charge is 2.22. The van der Waals surface area contributed by atoms with Gasteiger partial charge in [0, 0.05) is 12.6 Å². The Kier molecular flexibility index (Phi) is 7.12. The van der Waals surface area contributed by atoms with E-state index in [2.05, 4.69) is 5.32 Å². The van der Waals surface area contributed by atoms with Gasteiger partial charge in [0.15, 0.2) is 6.61 Å². The van der Waals surface area contributed by atoms with Crippen LogP contribution in [0.1, 0.15) is 38.5 Å². The van der Waals surface area contributed by atoms with Crippen LogP contribution in [-0.4, -0.2) is 30.3 Å². The third-order valence-corrected chi connectivity index (χ3v) is 4.49. The second-order valence-electron chi connectivity index (χ2n) is 5.97. The molecule has 1 aromatic rings. The Hall–Kier alpha value is -1.33. The second-order valence-corrected chi connectivity index (χ2v) is 6.38. The number of carbonyl (C=O) groups excluding carboxylic acids is 1. The topological polar surface area (TPSA) is 58.6 Å². The number of rotatable bonds is 7. The molecule has 0 heterocycles. The van der Waals surface area contributed by atoms with E-state index >= 15 is 0 Å². The highest BCUT2D eigenvalue weighted by atomic mass is 35.5. The van der Waals surface area contributed by atoms with Crippen LogP contribution in [0.5, 0.6) is 5.75 Å². The maximum atomic E-state index is 13.0. The maximum Gasteiger partial charge on any atom is 0.257 e. The summed E-state index contributed by atoms with van der Waals surface area (Å²) in [6.45, 7) is 0.434. The molecule has 2 N–H and O–H groups in total. The minimum Gasteiger partial charge on any atom is -0.484 e. The summed E-state index contributed by atoms with van der Waals surface area (Å²) in [6, 6.07) is 3.97. The molecule has 0 unspecified atom stereocenters. The van der Waals surface area contributed by atoms with Crippen molar-refractivity contribution >= 4 is 17.5 Å². The molecule has 23 heavy (non-hydrogen) atoms. The van der Waals surface area contributed by atoms with Gasteiger partial charge in [0.1, 0.15) is 11.6 Å². The fourth-order valence-corrected chi connectivity index (χ4v) is 3.05. The molecule has 2 rings (SSSR count). The summed E-state index contributed by atoms with van der Waals surface area (Å²) < 4.78 is 18.3. The Morgan fingerprint density at radius 1 is 1.39 bits per heavy atom. The Morgan fingerprint density at radius 3 is 2.91 bits per heavy atom. The smallest absolute Gasteiger partial charge is 0.257 e. The molecule has 1 aliphatic rings. The third-order valence-electron chi connectivity index (χ3n) is 4.20. The van der Waals surface area contributed by atoms with Gasteiger partial charge in [-0.15, -0.1) is 0 Å². The number of hydrogen-bond acceptors (Lipinski definition) is 3. The van der Waals surface area contributed by atoms with Gasteiger partial charge in [-0.1, -0.05) is 24.4 Å². The van der Waals surface area contributed by atoms with Gasteiger partial charge >= 0.3 is 0 Å². The Labute approximate surface area is 141 Å². The van der Waals surface area contributed by atoms with E-state index in [9.17, 15) is 14.3 Å². The molecule has 1 saturated carbocycles. The number of halogens is 2. The molecule has 0 aliphatic heterocycles. The zero-order valence-corrected chi connectivity index (χ0v) is 13.8. The predicted molar refractivity (Wildman–Crippen MR) is 87.1 cm³/mol. The summed E-state index contributed by atoms with van der Waals surface area (Å²) >= 11 is 5.64. The molecule has 0 aromatic heterocycles. The van der Waals surface area contributed by atoms with Crippen LogP contribution in [0.3, 0.4) is 0 Å². The fraction of sp³-hybridized carbons (Fsp3) is 0.588. The number of benzene rings is 1. The van der Waals surface area contributed by atoms with E-state index in [1.807, 2.05) is 0 Å². The van der Waals surface area contributed by atoms with Gasteiger partial charge < -0.3 is 15.2 Å². The van der Waals surface area contributed by atoms with Crippen LogP contribution in [0.4, 0.5) is 4.39 Å². The molecule has 2 atom stereocenters. The molecule has 0 saturated heterocycles. The van der Waals surface area contributed by atoms with Crippen LogP contribution >= 0.6 is 11.6 Å². The molecule has 6 heteroatoms. The van der Waals surface area contributed by atoms with Crippen molar-refractivity contribution in [2.45, 2.75) is 44.6 Å². The van der Waals surface area contributed by atoms with Crippen molar-refractivity contribution < 1.29 is 19.0 Å². The summed E-state index contributed by atoms with van der Waals surface area (Å²) in [6.07, 6.45) is 5.84. The van der Waals surface area contributed by atoms with Crippen LogP contribution in [0.25, 0.3) is 0 Å². The SMILES string of the molecule is O=C(COc1ccc(F)c(Cl)c1)NCCC[C@H]1CCCC[C@@H]1O. The van der Waals surface area contributed by atoms with Crippen LogP contribution in [0, 0.1) is 11.7 Å².